The summed E-state index contributed by atoms with van der Waals surface area (Å²) in [6.45, 7) is 2.35. The predicted molar refractivity (Wildman–Crippen MR) is 122 cm³/mol. The smallest absolute Gasteiger partial charge is 0.253 e. The third kappa shape index (κ3) is 4.65. The van der Waals surface area contributed by atoms with Crippen LogP contribution in [0.3, 0.4) is 0 Å². The first kappa shape index (κ1) is 21.3. The molecular weight excluding hydrogens is 422 g/mol. The average Bonchev–Trinajstić information content (AvgIpc) is 3.21. The van der Waals surface area contributed by atoms with Crippen LogP contribution >= 0.6 is 0 Å². The van der Waals surface area contributed by atoms with Crippen molar-refractivity contribution in [1.29, 1.82) is 0 Å². The van der Waals surface area contributed by atoms with Crippen LogP contribution in [0.2, 0.25) is 0 Å². The minimum absolute atomic E-state index is 0.00154. The van der Waals surface area contributed by atoms with Crippen molar-refractivity contribution < 1.29 is 14.3 Å². The summed E-state index contributed by atoms with van der Waals surface area (Å²) in [6.07, 6.45) is 6.92. The number of aliphatic hydroxyl groups excluding tert-OH is 1. The Hall–Kier alpha value is -3.53. The molecule has 3 heterocycles. The molecule has 0 bridgehead atoms. The molecule has 1 atom stereocenters. The highest BCUT2D eigenvalue weighted by molar-refractivity contribution is 5.97. The Labute approximate surface area is 191 Å². The van der Waals surface area contributed by atoms with Gasteiger partial charge in [0.2, 0.25) is 11.8 Å². The Morgan fingerprint density at radius 2 is 2.15 bits per heavy atom. The Kier molecular flexibility index (Phi) is 5.91. The van der Waals surface area contributed by atoms with Gasteiger partial charge in [-0.05, 0) is 42.5 Å². The summed E-state index contributed by atoms with van der Waals surface area (Å²) in [5, 5.41) is 27.4. The van der Waals surface area contributed by atoms with Crippen molar-refractivity contribution in [3.05, 3.63) is 41.4 Å². The second-order valence-corrected chi connectivity index (χ2v) is 8.64. The fourth-order valence-corrected chi connectivity index (χ4v) is 4.25. The highest BCUT2D eigenvalue weighted by Gasteiger charge is 2.24. The van der Waals surface area contributed by atoms with Gasteiger partial charge in [-0.25, -0.2) is 4.98 Å². The van der Waals surface area contributed by atoms with Crippen molar-refractivity contribution >= 4 is 23.4 Å². The monoisotopic (exact) mass is 449 g/mol. The van der Waals surface area contributed by atoms with Crippen LogP contribution in [-0.2, 0) is 6.42 Å². The maximum absolute atomic E-state index is 12.0. The molecule has 10 nitrogen and oxygen atoms in total. The molecule has 3 aromatic rings. The molecule has 1 amide bonds. The Bertz CT molecular complexity index is 1160. The zero-order chi connectivity index (χ0) is 22.8. The molecule has 4 N–H and O–H groups in total. The number of aliphatic hydroxyl groups is 1. The lowest BCUT2D eigenvalue weighted by Gasteiger charge is -2.29. The van der Waals surface area contributed by atoms with Gasteiger partial charge in [-0.1, -0.05) is 19.3 Å². The van der Waals surface area contributed by atoms with Crippen LogP contribution in [0.5, 0.6) is 0 Å². The van der Waals surface area contributed by atoms with Crippen LogP contribution < -0.4 is 16.0 Å². The van der Waals surface area contributed by atoms with Gasteiger partial charge in [0.15, 0.2) is 0 Å². The van der Waals surface area contributed by atoms with E-state index in [1.807, 2.05) is 12.1 Å². The maximum Gasteiger partial charge on any atom is 0.253 e. The molecule has 0 saturated heterocycles. The zero-order valence-corrected chi connectivity index (χ0v) is 18.5. The van der Waals surface area contributed by atoms with Gasteiger partial charge in [-0.2, -0.15) is 4.98 Å². The molecule has 1 fully saturated rings. The van der Waals surface area contributed by atoms with Gasteiger partial charge in [-0.15, -0.1) is 10.2 Å². The average molecular weight is 450 g/mol. The maximum atomic E-state index is 12.0. The van der Waals surface area contributed by atoms with Gasteiger partial charge in [0.1, 0.15) is 5.82 Å². The SMILES string of the molecule is Cc1nnc(-c2cnc(Nc3ccc4c(c3)CCNC4=O)nc2N[C@H](CO)CC2CCC2)o1. The summed E-state index contributed by atoms with van der Waals surface area (Å²) >= 11 is 0. The van der Waals surface area contributed by atoms with Crippen LogP contribution in [0.25, 0.3) is 11.5 Å². The van der Waals surface area contributed by atoms with E-state index in [1.165, 1.54) is 19.3 Å². The second kappa shape index (κ2) is 9.14. The highest BCUT2D eigenvalue weighted by atomic mass is 16.4. The molecule has 2 aromatic heterocycles. The molecule has 10 heteroatoms. The number of benzene rings is 1. The number of hydrogen-bond acceptors (Lipinski definition) is 9. The highest BCUT2D eigenvalue weighted by Crippen LogP contribution is 2.33. The van der Waals surface area contributed by atoms with E-state index < -0.39 is 0 Å². The van der Waals surface area contributed by atoms with E-state index in [2.05, 4.69) is 36.1 Å². The number of carbonyl (C=O) groups excluding carboxylic acids is 1. The van der Waals surface area contributed by atoms with E-state index in [1.54, 1.807) is 19.2 Å². The van der Waals surface area contributed by atoms with Crippen LogP contribution in [0.1, 0.15) is 47.5 Å². The molecule has 2 aliphatic rings. The van der Waals surface area contributed by atoms with E-state index in [0.29, 0.717) is 47.1 Å². The van der Waals surface area contributed by atoms with Crippen LogP contribution in [-0.4, -0.2) is 50.4 Å². The number of nitrogens with zero attached hydrogens (tertiary/aromatic N) is 4. The quantitative estimate of drug-likeness (QED) is 0.409. The number of fused-ring (bicyclic) bond motifs is 1. The lowest BCUT2D eigenvalue weighted by atomic mass is 9.81. The molecule has 0 unspecified atom stereocenters. The van der Waals surface area contributed by atoms with Crippen molar-refractivity contribution in [3.63, 3.8) is 0 Å². The first-order chi connectivity index (χ1) is 16.1. The summed E-state index contributed by atoms with van der Waals surface area (Å²) in [6, 6.07) is 5.46. The van der Waals surface area contributed by atoms with Crippen molar-refractivity contribution in [2.24, 2.45) is 5.92 Å². The minimum atomic E-state index is -0.136. The summed E-state index contributed by atoms with van der Waals surface area (Å²) < 4.78 is 5.61. The van der Waals surface area contributed by atoms with Crippen molar-refractivity contribution in [2.45, 2.75) is 45.1 Å². The predicted octanol–water partition coefficient (Wildman–Crippen LogP) is 2.83. The van der Waals surface area contributed by atoms with Crippen LogP contribution in [0.4, 0.5) is 17.5 Å². The third-order valence-electron chi connectivity index (χ3n) is 6.23. The molecule has 172 valence electrons. The third-order valence-corrected chi connectivity index (χ3v) is 6.23. The first-order valence-electron chi connectivity index (χ1n) is 11.3. The number of anilines is 3. The van der Waals surface area contributed by atoms with E-state index in [4.69, 9.17) is 4.42 Å². The molecule has 5 rings (SSSR count). The normalized spacial score (nSPS) is 16.5. The summed E-state index contributed by atoms with van der Waals surface area (Å²) in [5.41, 5.74) is 3.05. The first-order valence-corrected chi connectivity index (χ1v) is 11.3. The van der Waals surface area contributed by atoms with Gasteiger partial charge >= 0.3 is 0 Å². The number of nitrogens with one attached hydrogen (secondary N) is 3. The van der Waals surface area contributed by atoms with Crippen molar-refractivity contribution in [3.8, 4) is 11.5 Å². The summed E-state index contributed by atoms with van der Waals surface area (Å²) in [7, 11) is 0. The Morgan fingerprint density at radius 3 is 2.88 bits per heavy atom. The van der Waals surface area contributed by atoms with E-state index >= 15 is 0 Å². The van der Waals surface area contributed by atoms with Gasteiger partial charge in [0.25, 0.3) is 11.8 Å². The van der Waals surface area contributed by atoms with E-state index in [0.717, 1.165) is 24.1 Å². The number of aromatic nitrogens is 4. The van der Waals surface area contributed by atoms with E-state index in [-0.39, 0.29) is 18.6 Å². The van der Waals surface area contributed by atoms with Gasteiger partial charge < -0.3 is 25.5 Å². The molecule has 0 spiro atoms. The molecule has 1 aliphatic carbocycles. The van der Waals surface area contributed by atoms with Gasteiger partial charge in [0, 0.05) is 30.9 Å². The van der Waals surface area contributed by atoms with Crippen molar-refractivity contribution in [1.82, 2.24) is 25.5 Å². The molecule has 1 aliphatic heterocycles. The number of rotatable bonds is 8. The summed E-state index contributed by atoms with van der Waals surface area (Å²) in [5.74, 6) is 2.25. The molecular formula is C23H27N7O3. The number of amides is 1. The van der Waals surface area contributed by atoms with E-state index in [9.17, 15) is 9.90 Å². The fourth-order valence-electron chi connectivity index (χ4n) is 4.25. The molecule has 1 aromatic carbocycles. The molecule has 1 saturated carbocycles. The summed E-state index contributed by atoms with van der Waals surface area (Å²) in [4.78, 5) is 21.1. The van der Waals surface area contributed by atoms with Crippen molar-refractivity contribution in [2.75, 3.05) is 23.8 Å². The fraction of sp³-hybridized carbons (Fsp3) is 0.435. The van der Waals surface area contributed by atoms with Crippen LogP contribution in [0, 0.1) is 12.8 Å². The number of aryl methyl sites for hydroxylation is 1. The standard InChI is InChI=1S/C23H27N7O3/c1-13-29-30-22(33-13)19-11-25-23(28-20(19)26-17(12-31)9-14-3-2-4-14)27-16-5-6-18-15(10-16)7-8-24-21(18)32/h5-6,10-11,14,17,31H,2-4,7-9,12H2,1H3,(H,24,32)(H2,25,26,27,28)/t17-/m0/s1. The number of carbonyl (C=O) groups is 1. The lowest BCUT2D eigenvalue weighted by Crippen LogP contribution is -2.31. The second-order valence-electron chi connectivity index (χ2n) is 8.64. The molecule has 33 heavy (non-hydrogen) atoms. The van der Waals surface area contributed by atoms with Gasteiger partial charge in [0.05, 0.1) is 18.2 Å². The Balaban J connectivity index is 1.42. The zero-order valence-electron chi connectivity index (χ0n) is 18.5. The topological polar surface area (TPSA) is 138 Å². The molecule has 0 radical (unpaired) electrons. The largest absolute Gasteiger partial charge is 0.421 e. The van der Waals surface area contributed by atoms with Gasteiger partial charge in [-0.3, -0.25) is 4.79 Å². The minimum Gasteiger partial charge on any atom is -0.421 e. The number of hydrogen-bond donors (Lipinski definition) is 4. The van der Waals surface area contributed by atoms with Crippen LogP contribution in [0.15, 0.2) is 28.8 Å². The Morgan fingerprint density at radius 1 is 1.27 bits per heavy atom. The lowest BCUT2D eigenvalue weighted by molar-refractivity contribution is 0.0946.